The lowest BCUT2D eigenvalue weighted by atomic mass is 10.3. The second-order valence-corrected chi connectivity index (χ2v) is 5.80. The van der Waals surface area contributed by atoms with E-state index < -0.39 is 10.0 Å². The molecule has 7 nitrogen and oxygen atoms in total. The van der Waals surface area contributed by atoms with Gasteiger partial charge in [0.15, 0.2) is 0 Å². The Kier molecular flexibility index (Phi) is 4.59. The van der Waals surface area contributed by atoms with Gasteiger partial charge in [-0.15, -0.1) is 0 Å². The van der Waals surface area contributed by atoms with Gasteiger partial charge >= 0.3 is 0 Å². The Labute approximate surface area is 117 Å². The van der Waals surface area contributed by atoms with Crippen LogP contribution in [0.2, 0.25) is 0 Å². The molecule has 20 heavy (non-hydrogen) atoms. The fourth-order valence-electron chi connectivity index (χ4n) is 1.56. The Hall–Kier alpha value is -2.06. The minimum absolute atomic E-state index is 0.0260. The number of benzene rings is 1. The van der Waals surface area contributed by atoms with Gasteiger partial charge in [-0.2, -0.15) is 5.10 Å². The van der Waals surface area contributed by atoms with Crippen molar-refractivity contribution in [2.24, 2.45) is 0 Å². The molecule has 0 unspecified atom stereocenters. The lowest BCUT2D eigenvalue weighted by Gasteiger charge is -2.07. The molecule has 2 aromatic rings. The molecule has 4 N–H and O–H groups in total. The number of rotatable bonds is 7. The standard InChI is InChI=1S/C12H16N4O3S/c13-12-11(9-14-16-12)20(17,18)15-7-4-8-19-10-5-2-1-3-6-10/h1-3,5-6,9,15H,4,7-8H2,(H3,13,14,16). The highest BCUT2D eigenvalue weighted by Gasteiger charge is 2.18. The number of anilines is 1. The molecule has 1 aromatic heterocycles. The number of aromatic amines is 1. The van der Waals surface area contributed by atoms with E-state index >= 15 is 0 Å². The molecular weight excluding hydrogens is 280 g/mol. The van der Waals surface area contributed by atoms with Crippen molar-refractivity contribution in [3.05, 3.63) is 36.5 Å². The number of hydrogen-bond acceptors (Lipinski definition) is 5. The van der Waals surface area contributed by atoms with E-state index in [4.69, 9.17) is 10.5 Å². The first-order valence-electron chi connectivity index (χ1n) is 6.06. The summed E-state index contributed by atoms with van der Waals surface area (Å²) in [4.78, 5) is -0.0403. The Morgan fingerprint density at radius 3 is 2.70 bits per heavy atom. The van der Waals surface area contributed by atoms with Crippen molar-refractivity contribution < 1.29 is 13.2 Å². The van der Waals surface area contributed by atoms with E-state index in [-0.39, 0.29) is 17.3 Å². The number of nitrogens with two attached hydrogens (primary N) is 1. The highest BCUT2D eigenvalue weighted by Crippen LogP contribution is 2.13. The van der Waals surface area contributed by atoms with E-state index in [9.17, 15) is 8.42 Å². The van der Waals surface area contributed by atoms with Crippen LogP contribution >= 0.6 is 0 Å². The molecule has 0 fully saturated rings. The molecule has 108 valence electrons. The van der Waals surface area contributed by atoms with Gasteiger partial charge in [-0.3, -0.25) is 5.10 Å². The smallest absolute Gasteiger partial charge is 0.245 e. The fraction of sp³-hybridized carbons (Fsp3) is 0.250. The summed E-state index contributed by atoms with van der Waals surface area (Å²) in [6.07, 6.45) is 1.73. The van der Waals surface area contributed by atoms with E-state index in [1.165, 1.54) is 6.20 Å². The topological polar surface area (TPSA) is 110 Å². The third-order valence-electron chi connectivity index (χ3n) is 2.55. The van der Waals surface area contributed by atoms with Gasteiger partial charge in [0, 0.05) is 6.54 Å². The number of ether oxygens (including phenoxy) is 1. The van der Waals surface area contributed by atoms with Gasteiger partial charge in [-0.05, 0) is 18.6 Å². The number of nitrogens with zero attached hydrogens (tertiary/aromatic N) is 1. The molecule has 0 spiro atoms. The van der Waals surface area contributed by atoms with Crippen LogP contribution in [0.1, 0.15) is 6.42 Å². The van der Waals surface area contributed by atoms with Crippen LogP contribution in [0.15, 0.2) is 41.4 Å². The largest absolute Gasteiger partial charge is 0.494 e. The Morgan fingerprint density at radius 1 is 1.30 bits per heavy atom. The number of aromatic nitrogens is 2. The zero-order chi connectivity index (χ0) is 14.4. The summed E-state index contributed by atoms with van der Waals surface area (Å²) < 4.78 is 31.6. The minimum Gasteiger partial charge on any atom is -0.494 e. The van der Waals surface area contributed by atoms with E-state index in [1.807, 2.05) is 30.3 Å². The zero-order valence-electron chi connectivity index (χ0n) is 10.7. The summed E-state index contributed by atoms with van der Waals surface area (Å²) in [5.74, 6) is 0.785. The normalized spacial score (nSPS) is 11.4. The molecule has 8 heteroatoms. The van der Waals surface area contributed by atoms with E-state index in [2.05, 4.69) is 14.9 Å². The summed E-state index contributed by atoms with van der Waals surface area (Å²) >= 11 is 0. The van der Waals surface area contributed by atoms with Crippen molar-refractivity contribution in [1.82, 2.24) is 14.9 Å². The summed E-state index contributed by atoms with van der Waals surface area (Å²) in [5, 5.41) is 5.96. The van der Waals surface area contributed by atoms with Gasteiger partial charge in [0.2, 0.25) is 10.0 Å². The number of nitrogen functional groups attached to an aromatic ring is 1. The number of hydrogen-bond donors (Lipinski definition) is 3. The van der Waals surface area contributed by atoms with Gasteiger partial charge < -0.3 is 10.5 Å². The summed E-state index contributed by atoms with van der Waals surface area (Å²) in [6.45, 7) is 0.688. The third-order valence-corrected chi connectivity index (χ3v) is 4.04. The van der Waals surface area contributed by atoms with Crippen LogP contribution in [0, 0.1) is 0 Å². The summed E-state index contributed by atoms with van der Waals surface area (Å²) in [7, 11) is -3.62. The van der Waals surface area contributed by atoms with Gasteiger partial charge in [0.25, 0.3) is 0 Å². The number of nitrogens with one attached hydrogen (secondary N) is 2. The predicted octanol–water partition coefficient (Wildman–Crippen LogP) is 0.739. The van der Waals surface area contributed by atoms with Crippen molar-refractivity contribution in [1.29, 1.82) is 0 Å². The molecule has 0 amide bonds. The van der Waals surface area contributed by atoms with Crippen LogP contribution in [-0.2, 0) is 10.0 Å². The molecular formula is C12H16N4O3S. The first kappa shape index (κ1) is 14.4. The lowest BCUT2D eigenvalue weighted by Crippen LogP contribution is -2.26. The highest BCUT2D eigenvalue weighted by atomic mass is 32.2. The average Bonchev–Trinajstić information content (AvgIpc) is 2.86. The molecule has 0 bridgehead atoms. The van der Waals surface area contributed by atoms with Crippen LogP contribution in [-0.4, -0.2) is 31.8 Å². The van der Waals surface area contributed by atoms with Crippen LogP contribution < -0.4 is 15.2 Å². The second kappa shape index (κ2) is 6.40. The van der Waals surface area contributed by atoms with Gasteiger partial charge in [-0.25, -0.2) is 13.1 Å². The van der Waals surface area contributed by atoms with Crippen LogP contribution in [0.25, 0.3) is 0 Å². The van der Waals surface area contributed by atoms with Crippen molar-refractivity contribution >= 4 is 15.8 Å². The predicted molar refractivity (Wildman–Crippen MR) is 74.7 cm³/mol. The lowest BCUT2D eigenvalue weighted by molar-refractivity contribution is 0.311. The first-order chi connectivity index (χ1) is 9.59. The summed E-state index contributed by atoms with van der Waals surface area (Å²) in [5.41, 5.74) is 5.47. The number of sulfonamides is 1. The van der Waals surface area contributed by atoms with Crippen molar-refractivity contribution in [2.75, 3.05) is 18.9 Å². The molecule has 0 aliphatic heterocycles. The molecule has 0 radical (unpaired) electrons. The minimum atomic E-state index is -3.62. The van der Waals surface area contributed by atoms with Gasteiger partial charge in [0.05, 0.1) is 12.8 Å². The van der Waals surface area contributed by atoms with Gasteiger partial charge in [0.1, 0.15) is 16.5 Å². The molecule has 0 saturated heterocycles. The zero-order valence-corrected chi connectivity index (χ0v) is 11.6. The van der Waals surface area contributed by atoms with E-state index in [0.29, 0.717) is 13.0 Å². The molecule has 0 atom stereocenters. The number of para-hydroxylation sites is 1. The monoisotopic (exact) mass is 296 g/mol. The van der Waals surface area contributed by atoms with Crippen LogP contribution in [0.3, 0.4) is 0 Å². The first-order valence-corrected chi connectivity index (χ1v) is 7.54. The fourth-order valence-corrected chi connectivity index (χ4v) is 2.66. The maximum absolute atomic E-state index is 11.9. The van der Waals surface area contributed by atoms with Crippen LogP contribution in [0.4, 0.5) is 5.82 Å². The van der Waals surface area contributed by atoms with Gasteiger partial charge in [-0.1, -0.05) is 18.2 Å². The maximum atomic E-state index is 11.9. The Balaban J connectivity index is 1.75. The van der Waals surface area contributed by atoms with Crippen molar-refractivity contribution in [3.8, 4) is 5.75 Å². The molecule has 0 aliphatic rings. The van der Waals surface area contributed by atoms with E-state index in [0.717, 1.165) is 5.75 Å². The van der Waals surface area contributed by atoms with Crippen molar-refractivity contribution in [3.63, 3.8) is 0 Å². The third kappa shape index (κ3) is 3.72. The van der Waals surface area contributed by atoms with Crippen LogP contribution in [0.5, 0.6) is 5.75 Å². The number of H-pyrrole nitrogens is 1. The average molecular weight is 296 g/mol. The molecule has 1 heterocycles. The molecule has 0 saturated carbocycles. The quantitative estimate of drug-likeness (QED) is 0.653. The maximum Gasteiger partial charge on any atom is 0.245 e. The highest BCUT2D eigenvalue weighted by molar-refractivity contribution is 7.89. The second-order valence-electron chi connectivity index (χ2n) is 4.06. The Morgan fingerprint density at radius 2 is 2.05 bits per heavy atom. The van der Waals surface area contributed by atoms with E-state index in [1.54, 1.807) is 0 Å². The molecule has 0 aliphatic carbocycles. The molecule has 1 aromatic carbocycles. The summed E-state index contributed by atoms with van der Waals surface area (Å²) in [6, 6.07) is 9.34. The molecule has 2 rings (SSSR count). The van der Waals surface area contributed by atoms with Crippen molar-refractivity contribution in [2.45, 2.75) is 11.3 Å². The Bertz CT molecular complexity index is 640. The SMILES string of the molecule is Nc1[nH]ncc1S(=O)(=O)NCCCOc1ccccc1.